The second-order valence-corrected chi connectivity index (χ2v) is 6.73. The first-order valence-corrected chi connectivity index (χ1v) is 8.40. The topological polar surface area (TPSA) is 93.6 Å². The number of aliphatic hydroxyl groups excluding tert-OH is 1. The predicted octanol–water partition coefficient (Wildman–Crippen LogP) is 1.75. The zero-order valence-electron chi connectivity index (χ0n) is 13.6. The molecule has 7 heteroatoms. The number of likely N-dealkylation sites (tertiary alicyclic amines) is 1. The third kappa shape index (κ3) is 3.66. The van der Waals surface area contributed by atoms with Crippen LogP contribution < -0.4 is 4.90 Å². The van der Waals surface area contributed by atoms with Crippen LogP contribution in [0.15, 0.2) is 18.2 Å². The lowest BCUT2D eigenvalue weighted by Crippen LogP contribution is -2.41. The number of nitro groups is 1. The molecule has 7 nitrogen and oxygen atoms in total. The summed E-state index contributed by atoms with van der Waals surface area (Å²) in [6, 6.07) is 6.61. The van der Waals surface area contributed by atoms with Gasteiger partial charge in [-0.15, -0.1) is 0 Å². The molecule has 0 radical (unpaired) electrons. The number of nitro benzene ring substituents is 1. The fraction of sp³-hybridized carbons (Fsp3) is 0.588. The van der Waals surface area contributed by atoms with Crippen molar-refractivity contribution in [3.05, 3.63) is 33.9 Å². The highest BCUT2D eigenvalue weighted by atomic mass is 16.6. The van der Waals surface area contributed by atoms with E-state index in [1.807, 2.05) is 4.90 Å². The van der Waals surface area contributed by atoms with Crippen molar-refractivity contribution in [2.24, 2.45) is 5.92 Å². The summed E-state index contributed by atoms with van der Waals surface area (Å²) in [6.07, 6.45) is 2.67. The molecule has 24 heavy (non-hydrogen) atoms. The quantitative estimate of drug-likeness (QED) is 0.668. The Bertz CT molecular complexity index is 658. The monoisotopic (exact) mass is 330 g/mol. The number of nitriles is 1. The summed E-state index contributed by atoms with van der Waals surface area (Å²) in [5.41, 5.74) is 1.05. The van der Waals surface area contributed by atoms with Crippen LogP contribution in [0.5, 0.6) is 0 Å². The maximum atomic E-state index is 11.3. The van der Waals surface area contributed by atoms with Gasteiger partial charge in [0.25, 0.3) is 5.69 Å². The molecule has 2 atom stereocenters. The summed E-state index contributed by atoms with van der Waals surface area (Å²) in [5.74, 6) is 0.425. The van der Waals surface area contributed by atoms with E-state index < -0.39 is 0 Å². The normalized spacial score (nSPS) is 24.8. The molecule has 128 valence electrons. The molecule has 1 N–H and O–H groups in total. The Hall–Kier alpha value is -2.17. The molecule has 1 aromatic carbocycles. The van der Waals surface area contributed by atoms with E-state index in [2.05, 4.69) is 11.0 Å². The lowest BCUT2D eigenvalue weighted by molar-refractivity contribution is -0.384. The van der Waals surface area contributed by atoms with E-state index in [9.17, 15) is 15.2 Å². The molecule has 2 unspecified atom stereocenters. The van der Waals surface area contributed by atoms with Crippen LogP contribution in [0.2, 0.25) is 0 Å². The van der Waals surface area contributed by atoms with Gasteiger partial charge >= 0.3 is 0 Å². The Balaban J connectivity index is 1.74. The van der Waals surface area contributed by atoms with E-state index in [-0.39, 0.29) is 16.7 Å². The Morgan fingerprint density at radius 2 is 2.17 bits per heavy atom. The molecule has 2 aliphatic heterocycles. The molecule has 1 aromatic rings. The van der Waals surface area contributed by atoms with Crippen LogP contribution in [0.4, 0.5) is 11.4 Å². The highest BCUT2D eigenvalue weighted by molar-refractivity contribution is 5.66. The van der Waals surface area contributed by atoms with Gasteiger partial charge in [0.1, 0.15) is 5.69 Å². The number of rotatable bonds is 4. The van der Waals surface area contributed by atoms with Crippen molar-refractivity contribution in [1.29, 1.82) is 5.26 Å². The molecule has 2 aliphatic rings. The largest absolute Gasteiger partial charge is 0.392 e. The first-order chi connectivity index (χ1) is 11.6. The molecule has 0 amide bonds. The van der Waals surface area contributed by atoms with Crippen LogP contribution in [-0.4, -0.2) is 53.8 Å². The summed E-state index contributed by atoms with van der Waals surface area (Å²) < 4.78 is 0. The molecular weight excluding hydrogens is 308 g/mol. The zero-order chi connectivity index (χ0) is 17.1. The smallest absolute Gasteiger partial charge is 0.292 e. The van der Waals surface area contributed by atoms with E-state index >= 15 is 0 Å². The minimum Gasteiger partial charge on any atom is -0.392 e. The number of nitrogens with zero attached hydrogens (tertiary/aromatic N) is 4. The Kier molecular flexibility index (Phi) is 4.97. The van der Waals surface area contributed by atoms with Gasteiger partial charge in [0.05, 0.1) is 22.7 Å². The van der Waals surface area contributed by atoms with Gasteiger partial charge in [-0.2, -0.15) is 5.26 Å². The highest BCUT2D eigenvalue weighted by Crippen LogP contribution is 2.32. The van der Waals surface area contributed by atoms with Crippen molar-refractivity contribution in [2.45, 2.75) is 25.4 Å². The van der Waals surface area contributed by atoms with Crippen molar-refractivity contribution in [1.82, 2.24) is 4.90 Å². The summed E-state index contributed by atoms with van der Waals surface area (Å²) in [4.78, 5) is 15.3. The van der Waals surface area contributed by atoms with E-state index in [1.165, 1.54) is 12.1 Å². The Morgan fingerprint density at radius 1 is 1.33 bits per heavy atom. The van der Waals surface area contributed by atoms with Gasteiger partial charge in [-0.1, -0.05) is 0 Å². The maximum Gasteiger partial charge on any atom is 0.292 e. The van der Waals surface area contributed by atoms with Gasteiger partial charge in [-0.3, -0.25) is 10.1 Å². The van der Waals surface area contributed by atoms with Crippen LogP contribution in [0.25, 0.3) is 0 Å². The molecule has 3 rings (SSSR count). The molecule has 2 fully saturated rings. The molecular formula is C17H22N4O3. The lowest BCUT2D eigenvalue weighted by atomic mass is 9.96. The third-order valence-corrected chi connectivity index (χ3v) is 4.92. The zero-order valence-corrected chi connectivity index (χ0v) is 13.6. The van der Waals surface area contributed by atoms with Gasteiger partial charge in [0, 0.05) is 38.8 Å². The Labute approximate surface area is 141 Å². The van der Waals surface area contributed by atoms with Crippen LogP contribution in [0.1, 0.15) is 24.8 Å². The second-order valence-electron chi connectivity index (χ2n) is 6.73. The van der Waals surface area contributed by atoms with Gasteiger partial charge in [-0.25, -0.2) is 0 Å². The number of hydrogen-bond acceptors (Lipinski definition) is 6. The summed E-state index contributed by atoms with van der Waals surface area (Å²) in [6.45, 7) is 4.08. The molecule has 0 aliphatic carbocycles. The van der Waals surface area contributed by atoms with Crippen LogP contribution in [-0.2, 0) is 0 Å². The van der Waals surface area contributed by atoms with Gasteiger partial charge in [0.2, 0.25) is 0 Å². The van der Waals surface area contributed by atoms with E-state index in [0.717, 1.165) is 52.0 Å². The maximum absolute atomic E-state index is 11.3. The van der Waals surface area contributed by atoms with Gasteiger partial charge in [-0.05, 0) is 37.3 Å². The highest BCUT2D eigenvalue weighted by Gasteiger charge is 2.29. The molecule has 2 heterocycles. The number of anilines is 1. The van der Waals surface area contributed by atoms with Gasteiger partial charge < -0.3 is 14.9 Å². The first-order valence-electron chi connectivity index (χ1n) is 8.40. The van der Waals surface area contributed by atoms with Crippen LogP contribution >= 0.6 is 0 Å². The average molecular weight is 330 g/mol. The average Bonchev–Trinajstić information content (AvgIpc) is 2.99. The summed E-state index contributed by atoms with van der Waals surface area (Å²) >= 11 is 0. The third-order valence-electron chi connectivity index (χ3n) is 4.92. The van der Waals surface area contributed by atoms with Crippen molar-refractivity contribution in [2.75, 3.05) is 37.6 Å². The van der Waals surface area contributed by atoms with E-state index in [4.69, 9.17) is 5.26 Å². The van der Waals surface area contributed by atoms with Crippen molar-refractivity contribution in [3.63, 3.8) is 0 Å². The van der Waals surface area contributed by atoms with E-state index in [0.29, 0.717) is 17.2 Å². The number of hydrogen-bond donors (Lipinski definition) is 1. The fourth-order valence-corrected chi connectivity index (χ4v) is 3.78. The lowest BCUT2D eigenvalue weighted by Gasteiger charge is -2.35. The number of aliphatic hydroxyl groups is 1. The predicted molar refractivity (Wildman–Crippen MR) is 89.8 cm³/mol. The number of piperidine rings is 1. The first kappa shape index (κ1) is 16.7. The minimum absolute atomic E-state index is 0.0613. The molecule has 0 aromatic heterocycles. The van der Waals surface area contributed by atoms with Crippen LogP contribution in [0.3, 0.4) is 0 Å². The standard InChI is InChI=1S/C17H22N4O3/c18-9-13-3-4-16(21(23)24)17(8-13)20-6-1-2-14(11-20)10-19-7-5-15(22)12-19/h3-4,8,14-15,22H,1-2,5-7,10-12H2. The van der Waals surface area contributed by atoms with Crippen molar-refractivity contribution < 1.29 is 10.0 Å². The molecule has 0 spiro atoms. The van der Waals surface area contributed by atoms with Crippen molar-refractivity contribution >= 4 is 11.4 Å². The van der Waals surface area contributed by atoms with Crippen molar-refractivity contribution in [3.8, 4) is 6.07 Å². The SMILES string of the molecule is N#Cc1ccc([N+](=O)[O-])c(N2CCCC(CN3CCC(O)C3)C2)c1. The van der Waals surface area contributed by atoms with Crippen LogP contribution in [0, 0.1) is 27.4 Å². The van der Waals surface area contributed by atoms with E-state index in [1.54, 1.807) is 6.07 Å². The Morgan fingerprint density at radius 3 is 2.83 bits per heavy atom. The fourth-order valence-electron chi connectivity index (χ4n) is 3.78. The summed E-state index contributed by atoms with van der Waals surface area (Å²) in [7, 11) is 0. The number of benzene rings is 1. The minimum atomic E-state index is -0.378. The molecule has 0 bridgehead atoms. The second kappa shape index (κ2) is 7.16. The van der Waals surface area contributed by atoms with Gasteiger partial charge in [0.15, 0.2) is 0 Å². The number of β-amino-alcohol motifs (C(OH)–C–C–N with tert-alkyl or cyclic N) is 1. The molecule has 2 saturated heterocycles. The summed E-state index contributed by atoms with van der Waals surface area (Å²) in [5, 5.41) is 30.1. The molecule has 0 saturated carbocycles.